The second kappa shape index (κ2) is 7.00. The topological polar surface area (TPSA) is 49.6 Å². The minimum absolute atomic E-state index is 0.0279. The lowest BCUT2D eigenvalue weighted by Crippen LogP contribution is -2.47. The van der Waals surface area contributed by atoms with Crippen molar-refractivity contribution in [3.05, 3.63) is 53.9 Å². The molecule has 2 aliphatic rings. The Kier molecular flexibility index (Phi) is 4.57. The number of benzene rings is 1. The SMILES string of the molecule is CN1CCCCC[C@@H]2[C@@H]1[C@H](c1ccccc1)CN2C(=O)c1ccno1. The van der Waals surface area contributed by atoms with Crippen LogP contribution in [0.3, 0.4) is 0 Å². The second-order valence-corrected chi connectivity index (χ2v) is 7.24. The maximum atomic E-state index is 13.0. The van der Waals surface area contributed by atoms with Crippen molar-refractivity contribution in [2.75, 3.05) is 20.1 Å². The van der Waals surface area contributed by atoms with Crippen LogP contribution in [0.15, 0.2) is 47.1 Å². The molecule has 1 amide bonds. The molecule has 1 aromatic carbocycles. The van der Waals surface area contributed by atoms with E-state index in [1.807, 2.05) is 4.90 Å². The average molecular weight is 339 g/mol. The Morgan fingerprint density at radius 3 is 2.76 bits per heavy atom. The van der Waals surface area contributed by atoms with Crippen LogP contribution in [0.4, 0.5) is 0 Å². The molecule has 0 N–H and O–H groups in total. The maximum absolute atomic E-state index is 13.0. The first kappa shape index (κ1) is 16.3. The van der Waals surface area contributed by atoms with E-state index in [4.69, 9.17) is 4.52 Å². The van der Waals surface area contributed by atoms with Crippen LogP contribution < -0.4 is 0 Å². The summed E-state index contributed by atoms with van der Waals surface area (Å²) in [6.45, 7) is 1.83. The van der Waals surface area contributed by atoms with Crippen molar-refractivity contribution in [3.63, 3.8) is 0 Å². The number of likely N-dealkylation sites (tertiary alicyclic amines) is 2. The Morgan fingerprint density at radius 2 is 2.00 bits per heavy atom. The van der Waals surface area contributed by atoms with Gasteiger partial charge in [-0.15, -0.1) is 0 Å². The van der Waals surface area contributed by atoms with Crippen LogP contribution in [-0.2, 0) is 0 Å². The molecule has 0 spiro atoms. The van der Waals surface area contributed by atoms with Gasteiger partial charge in [0.2, 0.25) is 5.76 Å². The van der Waals surface area contributed by atoms with E-state index in [2.05, 4.69) is 47.4 Å². The molecule has 5 heteroatoms. The zero-order chi connectivity index (χ0) is 17.2. The molecule has 0 aliphatic carbocycles. The molecular weight excluding hydrogens is 314 g/mol. The van der Waals surface area contributed by atoms with Gasteiger partial charge in [-0.25, -0.2) is 0 Å². The summed E-state index contributed by atoms with van der Waals surface area (Å²) in [5, 5.41) is 3.71. The number of carbonyl (C=O) groups is 1. The quantitative estimate of drug-likeness (QED) is 0.843. The molecule has 3 atom stereocenters. The van der Waals surface area contributed by atoms with Crippen molar-refractivity contribution in [1.29, 1.82) is 0 Å². The standard InChI is InChI=1S/C20H25N3O2/c1-22-13-7-3-6-10-17-19(22)16(15-8-4-2-5-9-15)14-23(17)20(24)18-11-12-21-25-18/h2,4-5,8-9,11-12,16-17,19H,3,6-7,10,13-14H2,1H3/t16-,17+,19-/m0/s1. The van der Waals surface area contributed by atoms with Gasteiger partial charge in [-0.2, -0.15) is 0 Å². The van der Waals surface area contributed by atoms with E-state index >= 15 is 0 Å². The predicted octanol–water partition coefficient (Wildman–Crippen LogP) is 3.16. The third-order valence-corrected chi connectivity index (χ3v) is 5.76. The molecule has 2 saturated heterocycles. The molecule has 3 heterocycles. The fraction of sp³-hybridized carbons (Fsp3) is 0.500. The fourth-order valence-electron chi connectivity index (χ4n) is 4.58. The number of aromatic nitrogens is 1. The highest BCUT2D eigenvalue weighted by Crippen LogP contribution is 2.39. The smallest absolute Gasteiger partial charge is 0.292 e. The number of nitrogens with zero attached hydrogens (tertiary/aromatic N) is 3. The van der Waals surface area contributed by atoms with Gasteiger partial charge in [0.15, 0.2) is 0 Å². The first-order chi connectivity index (χ1) is 12.3. The highest BCUT2D eigenvalue weighted by molar-refractivity contribution is 5.92. The van der Waals surface area contributed by atoms with Gasteiger partial charge in [0.25, 0.3) is 5.91 Å². The van der Waals surface area contributed by atoms with Crippen LogP contribution >= 0.6 is 0 Å². The van der Waals surface area contributed by atoms with Gasteiger partial charge in [0, 0.05) is 30.6 Å². The Labute approximate surface area is 148 Å². The molecule has 0 bridgehead atoms. The van der Waals surface area contributed by atoms with Gasteiger partial charge in [0.05, 0.1) is 6.20 Å². The maximum Gasteiger partial charge on any atom is 0.292 e. The van der Waals surface area contributed by atoms with Gasteiger partial charge in [0.1, 0.15) is 0 Å². The van der Waals surface area contributed by atoms with Crippen LogP contribution in [0.5, 0.6) is 0 Å². The van der Waals surface area contributed by atoms with Gasteiger partial charge in [-0.1, -0.05) is 48.3 Å². The molecule has 25 heavy (non-hydrogen) atoms. The predicted molar refractivity (Wildman–Crippen MR) is 95.4 cm³/mol. The number of hydrogen-bond acceptors (Lipinski definition) is 4. The molecule has 0 saturated carbocycles. The lowest BCUT2D eigenvalue weighted by molar-refractivity contribution is 0.0629. The molecular formula is C20H25N3O2. The summed E-state index contributed by atoms with van der Waals surface area (Å²) < 4.78 is 5.16. The van der Waals surface area contributed by atoms with E-state index in [1.165, 1.54) is 24.8 Å². The highest BCUT2D eigenvalue weighted by Gasteiger charge is 2.46. The van der Waals surface area contributed by atoms with Crippen molar-refractivity contribution in [1.82, 2.24) is 15.0 Å². The van der Waals surface area contributed by atoms with Crippen molar-refractivity contribution in [2.24, 2.45) is 0 Å². The van der Waals surface area contributed by atoms with E-state index in [1.54, 1.807) is 12.3 Å². The van der Waals surface area contributed by atoms with E-state index in [0.29, 0.717) is 17.7 Å². The molecule has 1 aromatic heterocycles. The summed E-state index contributed by atoms with van der Waals surface area (Å²) in [4.78, 5) is 17.5. The normalized spacial score (nSPS) is 27.6. The zero-order valence-corrected chi connectivity index (χ0v) is 14.7. The van der Waals surface area contributed by atoms with E-state index < -0.39 is 0 Å². The fourth-order valence-corrected chi connectivity index (χ4v) is 4.58. The summed E-state index contributed by atoms with van der Waals surface area (Å²) in [7, 11) is 2.21. The number of likely N-dealkylation sites (N-methyl/N-ethyl adjacent to an activating group) is 1. The first-order valence-corrected chi connectivity index (χ1v) is 9.22. The third kappa shape index (κ3) is 3.09. The second-order valence-electron chi connectivity index (χ2n) is 7.24. The van der Waals surface area contributed by atoms with E-state index in [9.17, 15) is 4.79 Å². The number of hydrogen-bond donors (Lipinski definition) is 0. The highest BCUT2D eigenvalue weighted by atomic mass is 16.5. The molecule has 2 fully saturated rings. The molecule has 0 unspecified atom stereocenters. The summed E-state index contributed by atoms with van der Waals surface area (Å²) >= 11 is 0. The number of rotatable bonds is 2. The van der Waals surface area contributed by atoms with Crippen molar-refractivity contribution >= 4 is 5.91 Å². The number of carbonyl (C=O) groups excluding carboxylic acids is 1. The Bertz CT molecular complexity index is 701. The van der Waals surface area contributed by atoms with Crippen LogP contribution in [-0.4, -0.2) is 53.1 Å². The first-order valence-electron chi connectivity index (χ1n) is 9.22. The summed E-state index contributed by atoms with van der Waals surface area (Å²) in [6, 6.07) is 12.9. The summed E-state index contributed by atoms with van der Waals surface area (Å²) in [5.41, 5.74) is 1.32. The number of fused-ring (bicyclic) bond motifs is 1. The zero-order valence-electron chi connectivity index (χ0n) is 14.7. The van der Waals surface area contributed by atoms with Crippen molar-refractivity contribution in [3.8, 4) is 0 Å². The minimum atomic E-state index is -0.0279. The molecule has 132 valence electrons. The monoisotopic (exact) mass is 339 g/mol. The van der Waals surface area contributed by atoms with Crippen LogP contribution in [0.1, 0.15) is 47.7 Å². The molecule has 5 nitrogen and oxygen atoms in total. The van der Waals surface area contributed by atoms with E-state index in [-0.39, 0.29) is 11.9 Å². The van der Waals surface area contributed by atoms with E-state index in [0.717, 1.165) is 19.5 Å². The lowest BCUT2D eigenvalue weighted by Gasteiger charge is -2.36. The summed E-state index contributed by atoms with van der Waals surface area (Å²) in [5.74, 6) is 0.651. The van der Waals surface area contributed by atoms with Gasteiger partial charge >= 0.3 is 0 Å². The third-order valence-electron chi connectivity index (χ3n) is 5.76. The minimum Gasteiger partial charge on any atom is -0.351 e. The van der Waals surface area contributed by atoms with Crippen molar-refractivity contribution in [2.45, 2.75) is 43.7 Å². The van der Waals surface area contributed by atoms with Gasteiger partial charge < -0.3 is 14.3 Å². The van der Waals surface area contributed by atoms with Gasteiger partial charge in [-0.3, -0.25) is 4.79 Å². The van der Waals surface area contributed by atoms with Crippen molar-refractivity contribution < 1.29 is 9.32 Å². The van der Waals surface area contributed by atoms with Crippen LogP contribution in [0.25, 0.3) is 0 Å². The lowest BCUT2D eigenvalue weighted by atomic mass is 9.87. The molecule has 2 aliphatic heterocycles. The number of amides is 1. The molecule has 4 rings (SSSR count). The Hall–Kier alpha value is -2.14. The Morgan fingerprint density at radius 1 is 1.16 bits per heavy atom. The van der Waals surface area contributed by atoms with Crippen LogP contribution in [0, 0.1) is 0 Å². The largest absolute Gasteiger partial charge is 0.351 e. The average Bonchev–Trinajstić information content (AvgIpc) is 3.27. The summed E-state index contributed by atoms with van der Waals surface area (Å²) in [6.07, 6.45) is 6.24. The Balaban J connectivity index is 1.69. The van der Waals surface area contributed by atoms with Gasteiger partial charge in [-0.05, 0) is 32.0 Å². The molecule has 0 radical (unpaired) electrons. The van der Waals surface area contributed by atoms with Crippen LogP contribution in [0.2, 0.25) is 0 Å². The molecule has 2 aromatic rings.